The molecule has 0 aliphatic heterocycles. The summed E-state index contributed by atoms with van der Waals surface area (Å²) in [7, 11) is 1.93. The van der Waals surface area contributed by atoms with Crippen LogP contribution < -0.4 is 0 Å². The topological polar surface area (TPSA) is 12.4 Å². The smallest absolute Gasteiger partial charge is 0.0405 e. The fourth-order valence-corrected chi connectivity index (χ4v) is 3.03. The van der Waals surface area contributed by atoms with Crippen molar-refractivity contribution < 1.29 is 0 Å². The molecule has 1 nitrogen and oxygen atoms in total. The van der Waals surface area contributed by atoms with Crippen LogP contribution in [0, 0.1) is 17.8 Å². The third-order valence-electron chi connectivity index (χ3n) is 4.62. The Balaban J connectivity index is 4.95. The van der Waals surface area contributed by atoms with Crippen molar-refractivity contribution in [2.24, 2.45) is 22.7 Å². The van der Waals surface area contributed by atoms with Gasteiger partial charge in [0.1, 0.15) is 0 Å². The summed E-state index contributed by atoms with van der Waals surface area (Å²) in [5.74, 6) is 2.12. The Hall–Kier alpha value is -1.33. The molecule has 130 valence electrons. The molecule has 0 aliphatic rings. The van der Waals surface area contributed by atoms with E-state index in [1.165, 1.54) is 30.5 Å². The molecule has 0 aromatic carbocycles. The van der Waals surface area contributed by atoms with Crippen LogP contribution in [0.4, 0.5) is 0 Å². The molecule has 0 bridgehead atoms. The number of hydrogen-bond acceptors (Lipinski definition) is 1. The van der Waals surface area contributed by atoms with Crippen LogP contribution in [-0.4, -0.2) is 12.8 Å². The SMILES string of the molecule is C/C=C/C=C=C/C=C(\CC)C(=NC)C(C)CCC(CC)C(C)C. The summed E-state index contributed by atoms with van der Waals surface area (Å²) in [5.41, 5.74) is 5.77. The van der Waals surface area contributed by atoms with E-state index in [0.717, 1.165) is 18.3 Å². The maximum absolute atomic E-state index is 4.60. The zero-order valence-corrected chi connectivity index (χ0v) is 16.4. The molecule has 2 atom stereocenters. The number of allylic oxidation sites excluding steroid dienone is 5. The molecule has 0 heterocycles. The summed E-state index contributed by atoms with van der Waals surface area (Å²) in [5, 5.41) is 0. The molecule has 0 saturated carbocycles. The van der Waals surface area contributed by atoms with Crippen molar-refractivity contribution in [1.29, 1.82) is 0 Å². The molecule has 0 radical (unpaired) electrons. The van der Waals surface area contributed by atoms with Gasteiger partial charge in [0, 0.05) is 12.8 Å². The van der Waals surface area contributed by atoms with Crippen LogP contribution in [0.25, 0.3) is 0 Å². The third-order valence-corrected chi connectivity index (χ3v) is 4.62. The minimum atomic E-state index is 0.520. The largest absolute Gasteiger partial charge is 0.293 e. The summed E-state index contributed by atoms with van der Waals surface area (Å²) >= 11 is 0. The van der Waals surface area contributed by atoms with Crippen LogP contribution in [0.1, 0.15) is 67.2 Å². The summed E-state index contributed by atoms with van der Waals surface area (Å²) in [4.78, 5) is 4.60. The fourth-order valence-electron chi connectivity index (χ4n) is 3.03. The molecule has 0 fully saturated rings. The maximum atomic E-state index is 4.60. The molecule has 0 spiro atoms. The van der Waals surface area contributed by atoms with Gasteiger partial charge in [-0.15, -0.1) is 5.73 Å². The van der Waals surface area contributed by atoms with Gasteiger partial charge < -0.3 is 0 Å². The molecule has 0 aromatic heterocycles. The van der Waals surface area contributed by atoms with E-state index in [4.69, 9.17) is 0 Å². The summed E-state index contributed by atoms with van der Waals surface area (Å²) < 4.78 is 0. The van der Waals surface area contributed by atoms with Crippen molar-refractivity contribution in [3.63, 3.8) is 0 Å². The maximum Gasteiger partial charge on any atom is 0.0405 e. The minimum Gasteiger partial charge on any atom is -0.293 e. The highest BCUT2D eigenvalue weighted by Gasteiger charge is 2.17. The highest BCUT2D eigenvalue weighted by molar-refractivity contribution is 6.01. The summed E-state index contributed by atoms with van der Waals surface area (Å²) in [6, 6.07) is 0. The second-order valence-corrected chi connectivity index (χ2v) is 6.57. The van der Waals surface area contributed by atoms with E-state index in [1.807, 2.05) is 38.3 Å². The van der Waals surface area contributed by atoms with Crippen molar-refractivity contribution in [1.82, 2.24) is 0 Å². The average Bonchev–Trinajstić information content (AvgIpc) is 2.53. The Morgan fingerprint density at radius 2 is 1.78 bits per heavy atom. The lowest BCUT2D eigenvalue weighted by atomic mass is 9.84. The normalized spacial score (nSPS) is 15.7. The van der Waals surface area contributed by atoms with Gasteiger partial charge >= 0.3 is 0 Å². The second-order valence-electron chi connectivity index (χ2n) is 6.57. The molecule has 0 amide bonds. The van der Waals surface area contributed by atoms with Gasteiger partial charge in [-0.3, -0.25) is 4.99 Å². The number of hydrogen-bond donors (Lipinski definition) is 0. The van der Waals surface area contributed by atoms with Gasteiger partial charge in [0.15, 0.2) is 0 Å². The fraction of sp³-hybridized carbons (Fsp3) is 0.636. The van der Waals surface area contributed by atoms with E-state index >= 15 is 0 Å². The monoisotopic (exact) mass is 315 g/mol. The standard InChI is InChI=1S/C22H37N/c1-8-11-12-13-14-15-21(10-3)22(23-7)19(6)16-17-20(9-2)18(4)5/h8,11-12,14-15,18-20H,9-10,16-17H2,1-7H3/b11-8+,21-15+,23-22?. The van der Waals surface area contributed by atoms with Crippen LogP contribution in [0.3, 0.4) is 0 Å². The minimum absolute atomic E-state index is 0.520. The van der Waals surface area contributed by atoms with E-state index < -0.39 is 0 Å². The van der Waals surface area contributed by atoms with Crippen LogP contribution in [0.5, 0.6) is 0 Å². The van der Waals surface area contributed by atoms with Gasteiger partial charge in [0.05, 0.1) is 0 Å². The van der Waals surface area contributed by atoms with E-state index in [2.05, 4.69) is 51.4 Å². The van der Waals surface area contributed by atoms with Gasteiger partial charge in [0.2, 0.25) is 0 Å². The lowest BCUT2D eigenvalue weighted by molar-refractivity contribution is 0.331. The van der Waals surface area contributed by atoms with Gasteiger partial charge in [-0.2, -0.15) is 0 Å². The van der Waals surface area contributed by atoms with Gasteiger partial charge in [-0.25, -0.2) is 0 Å². The van der Waals surface area contributed by atoms with E-state index in [9.17, 15) is 0 Å². The van der Waals surface area contributed by atoms with Crippen molar-refractivity contribution in [3.8, 4) is 0 Å². The van der Waals surface area contributed by atoms with Crippen LogP contribution in [-0.2, 0) is 0 Å². The van der Waals surface area contributed by atoms with Crippen LogP contribution in [0.2, 0.25) is 0 Å². The first kappa shape index (κ1) is 21.7. The molecule has 2 unspecified atom stereocenters. The summed E-state index contributed by atoms with van der Waals surface area (Å²) in [6.07, 6.45) is 14.9. The van der Waals surface area contributed by atoms with Crippen molar-refractivity contribution in [2.45, 2.75) is 67.2 Å². The molecule has 23 heavy (non-hydrogen) atoms. The highest BCUT2D eigenvalue weighted by atomic mass is 14.7. The molecule has 0 aromatic rings. The Bertz CT molecular complexity index is 456. The zero-order chi connectivity index (χ0) is 17.7. The lowest BCUT2D eigenvalue weighted by Gasteiger charge is -2.22. The van der Waals surface area contributed by atoms with Gasteiger partial charge in [-0.05, 0) is 67.7 Å². The first-order chi connectivity index (χ1) is 11.0. The Kier molecular flexibility index (Phi) is 12.4. The number of aliphatic imine (C=N–C) groups is 1. The predicted molar refractivity (Wildman–Crippen MR) is 106 cm³/mol. The van der Waals surface area contributed by atoms with Crippen LogP contribution >= 0.6 is 0 Å². The Labute approximate surface area is 145 Å². The summed E-state index contributed by atoms with van der Waals surface area (Å²) in [6.45, 7) is 13.5. The van der Waals surface area contributed by atoms with E-state index in [1.54, 1.807) is 0 Å². The molecular weight excluding hydrogens is 278 g/mol. The van der Waals surface area contributed by atoms with Gasteiger partial charge in [0.25, 0.3) is 0 Å². The first-order valence-electron chi connectivity index (χ1n) is 9.21. The Morgan fingerprint density at radius 3 is 2.26 bits per heavy atom. The molecule has 0 rings (SSSR count). The predicted octanol–water partition coefficient (Wildman–Crippen LogP) is 6.78. The molecule has 0 saturated heterocycles. The third kappa shape index (κ3) is 8.77. The van der Waals surface area contributed by atoms with Crippen molar-refractivity contribution in [3.05, 3.63) is 41.7 Å². The Morgan fingerprint density at radius 1 is 1.09 bits per heavy atom. The molecule has 1 heteroatoms. The average molecular weight is 316 g/mol. The van der Waals surface area contributed by atoms with Crippen molar-refractivity contribution in [2.75, 3.05) is 7.05 Å². The highest BCUT2D eigenvalue weighted by Crippen LogP contribution is 2.25. The number of rotatable bonds is 10. The van der Waals surface area contributed by atoms with Crippen LogP contribution in [0.15, 0.2) is 46.7 Å². The van der Waals surface area contributed by atoms with Gasteiger partial charge in [-0.1, -0.05) is 53.2 Å². The lowest BCUT2D eigenvalue weighted by Crippen LogP contribution is -2.17. The number of nitrogens with zero attached hydrogens (tertiary/aromatic N) is 1. The molecule has 0 N–H and O–H groups in total. The first-order valence-corrected chi connectivity index (χ1v) is 9.21. The quantitative estimate of drug-likeness (QED) is 0.239. The zero-order valence-electron chi connectivity index (χ0n) is 16.4. The van der Waals surface area contributed by atoms with E-state index in [0.29, 0.717) is 5.92 Å². The molecule has 0 aliphatic carbocycles. The second kappa shape index (κ2) is 13.1. The molecular formula is C22H37N. The van der Waals surface area contributed by atoms with Crippen molar-refractivity contribution >= 4 is 5.71 Å². The van der Waals surface area contributed by atoms with E-state index in [-0.39, 0.29) is 0 Å².